The van der Waals surface area contributed by atoms with Gasteiger partial charge in [-0.1, -0.05) is 61.7 Å². The van der Waals surface area contributed by atoms with E-state index in [0.717, 1.165) is 18.1 Å². The summed E-state index contributed by atoms with van der Waals surface area (Å²) in [6, 6.07) is 19.3. The summed E-state index contributed by atoms with van der Waals surface area (Å²) < 4.78 is 5.27. The lowest BCUT2D eigenvalue weighted by Gasteiger charge is -2.18. The molecule has 0 radical (unpaired) electrons. The highest BCUT2D eigenvalue weighted by Gasteiger charge is 2.13. The molecule has 2 aromatic carbocycles. The first-order valence-corrected chi connectivity index (χ1v) is 8.63. The van der Waals surface area contributed by atoms with E-state index in [-0.39, 0.29) is 0 Å². The zero-order chi connectivity index (χ0) is 15.6. The van der Waals surface area contributed by atoms with Crippen molar-refractivity contribution in [1.82, 2.24) is 0 Å². The first-order valence-electron chi connectivity index (χ1n) is 8.10. The summed E-state index contributed by atoms with van der Waals surface area (Å²) in [7, 11) is 1.71. The highest BCUT2D eigenvalue weighted by Crippen LogP contribution is 2.31. The van der Waals surface area contributed by atoms with Crippen LogP contribution in [0.4, 0.5) is 0 Å². The molecule has 0 heterocycles. The highest BCUT2D eigenvalue weighted by atomic mass is 35.5. The predicted octanol–water partition coefficient (Wildman–Crippen LogP) is 6.02. The van der Waals surface area contributed by atoms with Crippen molar-refractivity contribution in [2.45, 2.75) is 38.0 Å². The third-order valence-electron chi connectivity index (χ3n) is 4.10. The van der Waals surface area contributed by atoms with Crippen LogP contribution in [0.15, 0.2) is 54.6 Å². The Hall–Kier alpha value is -1.47. The number of hydrogen-bond donors (Lipinski definition) is 0. The van der Waals surface area contributed by atoms with E-state index in [2.05, 4.69) is 54.6 Å². The van der Waals surface area contributed by atoms with E-state index in [1.165, 1.54) is 36.8 Å². The molecule has 0 N–H and O–H groups in total. The van der Waals surface area contributed by atoms with Crippen LogP contribution in [0.3, 0.4) is 0 Å². The summed E-state index contributed by atoms with van der Waals surface area (Å²) in [6.07, 6.45) is 6.03. The van der Waals surface area contributed by atoms with Gasteiger partial charge in [-0.25, -0.2) is 0 Å². The largest absolute Gasteiger partial charge is 0.497 e. The van der Waals surface area contributed by atoms with Crippen LogP contribution in [0.1, 0.15) is 49.1 Å². The number of ether oxygens (including phenoxy) is 1. The Morgan fingerprint density at radius 1 is 0.818 bits per heavy atom. The molecule has 2 heteroatoms. The van der Waals surface area contributed by atoms with Crippen LogP contribution in [-0.4, -0.2) is 13.0 Å². The van der Waals surface area contributed by atoms with Gasteiger partial charge < -0.3 is 4.74 Å². The van der Waals surface area contributed by atoms with E-state index in [1.807, 2.05) is 0 Å². The molecule has 0 bridgehead atoms. The number of alkyl halides is 1. The molecule has 0 aliphatic rings. The van der Waals surface area contributed by atoms with Crippen molar-refractivity contribution < 1.29 is 4.74 Å². The molecule has 0 aliphatic carbocycles. The Morgan fingerprint density at radius 2 is 1.45 bits per heavy atom. The minimum Gasteiger partial charge on any atom is -0.497 e. The molecule has 0 fully saturated rings. The van der Waals surface area contributed by atoms with E-state index in [1.54, 1.807) is 7.11 Å². The molecule has 1 atom stereocenters. The van der Waals surface area contributed by atoms with Gasteiger partial charge in [0, 0.05) is 11.8 Å². The van der Waals surface area contributed by atoms with Crippen molar-refractivity contribution in [1.29, 1.82) is 0 Å². The van der Waals surface area contributed by atoms with Crippen LogP contribution >= 0.6 is 11.6 Å². The zero-order valence-corrected chi connectivity index (χ0v) is 14.1. The molecular formula is C20H25ClO. The van der Waals surface area contributed by atoms with Gasteiger partial charge >= 0.3 is 0 Å². The number of halogens is 1. The molecule has 0 amide bonds. The van der Waals surface area contributed by atoms with Crippen molar-refractivity contribution in [2.75, 3.05) is 13.0 Å². The molecule has 0 spiro atoms. The summed E-state index contributed by atoms with van der Waals surface area (Å²) in [6.45, 7) is 0. The van der Waals surface area contributed by atoms with Crippen molar-refractivity contribution >= 4 is 11.6 Å². The highest BCUT2D eigenvalue weighted by molar-refractivity contribution is 6.17. The maximum absolute atomic E-state index is 5.75. The third-order valence-corrected chi connectivity index (χ3v) is 4.36. The first kappa shape index (κ1) is 16.9. The summed E-state index contributed by atoms with van der Waals surface area (Å²) in [4.78, 5) is 0. The molecule has 2 rings (SSSR count). The molecule has 22 heavy (non-hydrogen) atoms. The molecule has 0 aromatic heterocycles. The van der Waals surface area contributed by atoms with Gasteiger partial charge in [-0.2, -0.15) is 0 Å². The normalized spacial score (nSPS) is 12.1. The van der Waals surface area contributed by atoms with Gasteiger partial charge in [0.2, 0.25) is 0 Å². The third kappa shape index (κ3) is 5.06. The molecule has 1 nitrogen and oxygen atoms in total. The molecular weight excluding hydrogens is 292 g/mol. The van der Waals surface area contributed by atoms with Gasteiger partial charge in [0.05, 0.1) is 7.11 Å². The van der Waals surface area contributed by atoms with Crippen molar-refractivity contribution in [2.24, 2.45) is 0 Å². The van der Waals surface area contributed by atoms with Crippen LogP contribution in [0, 0.1) is 0 Å². The van der Waals surface area contributed by atoms with Crippen LogP contribution in [0.25, 0.3) is 0 Å². The summed E-state index contributed by atoms with van der Waals surface area (Å²) in [5.74, 6) is 2.15. The van der Waals surface area contributed by atoms with Crippen molar-refractivity contribution in [3.63, 3.8) is 0 Å². The van der Waals surface area contributed by atoms with Crippen LogP contribution < -0.4 is 4.74 Å². The zero-order valence-electron chi connectivity index (χ0n) is 13.3. The fraction of sp³-hybridized carbons (Fsp3) is 0.400. The Bertz CT molecular complexity index is 521. The lowest BCUT2D eigenvalue weighted by molar-refractivity contribution is 0.414. The van der Waals surface area contributed by atoms with Gasteiger partial charge in [-0.15, -0.1) is 11.6 Å². The Labute approximate surface area is 139 Å². The Morgan fingerprint density at radius 3 is 2.09 bits per heavy atom. The van der Waals surface area contributed by atoms with Gasteiger partial charge in [0.15, 0.2) is 0 Å². The van der Waals surface area contributed by atoms with Crippen molar-refractivity contribution in [3.8, 4) is 5.75 Å². The maximum Gasteiger partial charge on any atom is 0.118 e. The second kappa shape index (κ2) is 9.53. The van der Waals surface area contributed by atoms with Crippen molar-refractivity contribution in [3.05, 3.63) is 65.7 Å². The molecule has 2 aromatic rings. The Kier molecular flexibility index (Phi) is 7.32. The summed E-state index contributed by atoms with van der Waals surface area (Å²) in [5.41, 5.74) is 2.76. The SMILES string of the molecule is COc1ccc(C(CCCCCCCl)c2ccccc2)cc1. The average Bonchev–Trinajstić information content (AvgIpc) is 2.59. The number of methoxy groups -OCH3 is 1. The number of rotatable bonds is 9. The average molecular weight is 317 g/mol. The smallest absolute Gasteiger partial charge is 0.118 e. The predicted molar refractivity (Wildman–Crippen MR) is 95.1 cm³/mol. The van der Waals surface area contributed by atoms with Gasteiger partial charge in [0.1, 0.15) is 5.75 Å². The number of unbranched alkanes of at least 4 members (excludes halogenated alkanes) is 3. The van der Waals surface area contributed by atoms with E-state index in [9.17, 15) is 0 Å². The van der Waals surface area contributed by atoms with Gasteiger partial charge in [-0.3, -0.25) is 0 Å². The van der Waals surface area contributed by atoms with Gasteiger partial charge in [-0.05, 0) is 36.1 Å². The quantitative estimate of drug-likeness (QED) is 0.406. The lowest BCUT2D eigenvalue weighted by atomic mass is 9.87. The standard InChI is InChI=1S/C20H25ClO/c1-22-19-14-12-18(13-15-19)20(11-7-2-3-8-16-21)17-9-5-4-6-10-17/h4-6,9-10,12-15,20H,2-3,7-8,11,16H2,1H3. The van der Waals surface area contributed by atoms with Crippen LogP contribution in [0.2, 0.25) is 0 Å². The number of hydrogen-bond acceptors (Lipinski definition) is 1. The fourth-order valence-electron chi connectivity index (χ4n) is 2.84. The van der Waals surface area contributed by atoms with Crippen LogP contribution in [-0.2, 0) is 0 Å². The molecule has 1 unspecified atom stereocenters. The second-order valence-electron chi connectivity index (χ2n) is 5.63. The first-order chi connectivity index (χ1) is 10.8. The fourth-order valence-corrected chi connectivity index (χ4v) is 3.03. The molecule has 0 saturated carbocycles. The second-order valence-corrected chi connectivity index (χ2v) is 6.01. The van der Waals surface area contributed by atoms with E-state index in [0.29, 0.717) is 5.92 Å². The molecule has 0 aliphatic heterocycles. The monoisotopic (exact) mass is 316 g/mol. The molecule has 0 saturated heterocycles. The summed E-state index contributed by atoms with van der Waals surface area (Å²) >= 11 is 5.75. The minimum absolute atomic E-state index is 0.461. The summed E-state index contributed by atoms with van der Waals surface area (Å²) in [5, 5.41) is 0. The maximum atomic E-state index is 5.75. The number of benzene rings is 2. The van der Waals surface area contributed by atoms with E-state index < -0.39 is 0 Å². The van der Waals surface area contributed by atoms with Gasteiger partial charge in [0.25, 0.3) is 0 Å². The Balaban J connectivity index is 2.07. The van der Waals surface area contributed by atoms with Crippen LogP contribution in [0.5, 0.6) is 5.75 Å². The topological polar surface area (TPSA) is 9.23 Å². The van der Waals surface area contributed by atoms with E-state index >= 15 is 0 Å². The van der Waals surface area contributed by atoms with E-state index in [4.69, 9.17) is 16.3 Å². The minimum atomic E-state index is 0.461. The lowest BCUT2D eigenvalue weighted by Crippen LogP contribution is -2.01. The molecule has 118 valence electrons.